The van der Waals surface area contributed by atoms with E-state index < -0.39 is 0 Å². The smallest absolute Gasteiger partial charge is 0.123 e. The monoisotopic (exact) mass is 292 g/mol. The highest BCUT2D eigenvalue weighted by Crippen LogP contribution is 2.32. The van der Waals surface area contributed by atoms with E-state index in [1.54, 1.807) is 7.11 Å². The Hall–Kier alpha value is -0.0200. The lowest BCUT2D eigenvalue weighted by Gasteiger charge is -2.10. The molecule has 1 aromatic rings. The van der Waals surface area contributed by atoms with Crippen molar-refractivity contribution < 1.29 is 4.74 Å². The molecule has 3 heteroatoms. The summed E-state index contributed by atoms with van der Waals surface area (Å²) >= 11 is 6.92. The van der Waals surface area contributed by atoms with Gasteiger partial charge >= 0.3 is 0 Å². The maximum absolute atomic E-state index is 5.21. The minimum Gasteiger partial charge on any atom is -0.496 e. The van der Waals surface area contributed by atoms with Gasteiger partial charge in [0.25, 0.3) is 0 Å². The Morgan fingerprint density at radius 2 is 2.08 bits per heavy atom. The Kier molecular flexibility index (Phi) is 3.59. The molecule has 0 bridgehead atoms. The van der Waals surface area contributed by atoms with E-state index in [4.69, 9.17) is 4.74 Å². The van der Waals surface area contributed by atoms with E-state index in [2.05, 4.69) is 44.8 Å². The van der Waals surface area contributed by atoms with Crippen LogP contribution in [0.4, 0.5) is 0 Å². The summed E-state index contributed by atoms with van der Waals surface area (Å²) in [5, 5.41) is 0. The number of hydrogen-bond acceptors (Lipinski definition) is 1. The molecule has 0 aliphatic rings. The normalized spacial score (nSPS) is 12.7. The molecule has 0 N–H and O–H groups in total. The van der Waals surface area contributed by atoms with Crippen LogP contribution in [0.25, 0.3) is 0 Å². The lowest BCUT2D eigenvalue weighted by Crippen LogP contribution is -1.91. The number of alkyl halides is 1. The number of halogens is 2. The first-order chi connectivity index (χ1) is 5.65. The molecular weight excluding hydrogens is 284 g/mol. The minimum absolute atomic E-state index is 0.310. The molecule has 0 amide bonds. The van der Waals surface area contributed by atoms with Crippen molar-refractivity contribution in [2.24, 2.45) is 0 Å². The average molecular weight is 294 g/mol. The van der Waals surface area contributed by atoms with Crippen molar-refractivity contribution >= 4 is 31.9 Å². The maximum atomic E-state index is 5.21. The molecule has 0 saturated carbocycles. The molecule has 1 atom stereocenters. The third-order valence-electron chi connectivity index (χ3n) is 1.62. The second-order valence-electron chi connectivity index (χ2n) is 2.50. The summed E-state index contributed by atoms with van der Waals surface area (Å²) in [6, 6.07) is 5.98. The van der Waals surface area contributed by atoms with E-state index >= 15 is 0 Å². The zero-order valence-electron chi connectivity index (χ0n) is 6.97. The first kappa shape index (κ1) is 10.1. The Labute approximate surface area is 89.4 Å². The van der Waals surface area contributed by atoms with E-state index in [1.165, 1.54) is 0 Å². The van der Waals surface area contributed by atoms with Gasteiger partial charge in [-0.05, 0) is 25.1 Å². The highest BCUT2D eigenvalue weighted by Gasteiger charge is 2.07. The molecule has 0 aromatic heterocycles. The first-order valence-corrected chi connectivity index (χ1v) is 5.33. The third kappa shape index (κ3) is 2.23. The molecule has 12 heavy (non-hydrogen) atoms. The van der Waals surface area contributed by atoms with Gasteiger partial charge in [-0.1, -0.05) is 31.9 Å². The van der Waals surface area contributed by atoms with E-state index in [0.717, 1.165) is 15.8 Å². The van der Waals surface area contributed by atoms with Gasteiger partial charge in [0, 0.05) is 14.9 Å². The Balaban J connectivity index is 3.12. The summed E-state index contributed by atoms with van der Waals surface area (Å²) < 4.78 is 6.28. The van der Waals surface area contributed by atoms with Gasteiger partial charge in [-0.25, -0.2) is 0 Å². The summed E-state index contributed by atoms with van der Waals surface area (Å²) in [5.74, 6) is 0.919. The molecule has 1 unspecified atom stereocenters. The number of ether oxygens (including phenoxy) is 1. The Bertz CT molecular complexity index is 271. The van der Waals surface area contributed by atoms with Crippen molar-refractivity contribution in [3.63, 3.8) is 0 Å². The fourth-order valence-corrected chi connectivity index (χ4v) is 1.75. The van der Waals surface area contributed by atoms with Crippen LogP contribution in [0.1, 0.15) is 17.3 Å². The van der Waals surface area contributed by atoms with Crippen molar-refractivity contribution in [3.8, 4) is 5.75 Å². The fourth-order valence-electron chi connectivity index (χ4n) is 1.02. The van der Waals surface area contributed by atoms with Gasteiger partial charge in [-0.15, -0.1) is 0 Å². The van der Waals surface area contributed by atoms with E-state index in [9.17, 15) is 0 Å². The Morgan fingerprint density at radius 1 is 1.42 bits per heavy atom. The molecule has 0 aliphatic heterocycles. The van der Waals surface area contributed by atoms with Crippen molar-refractivity contribution in [3.05, 3.63) is 28.2 Å². The molecule has 0 aliphatic carbocycles. The van der Waals surface area contributed by atoms with Gasteiger partial charge in [-0.3, -0.25) is 0 Å². The fraction of sp³-hybridized carbons (Fsp3) is 0.333. The van der Waals surface area contributed by atoms with E-state index in [0.29, 0.717) is 4.83 Å². The van der Waals surface area contributed by atoms with Crippen LogP contribution in [0.2, 0.25) is 0 Å². The van der Waals surface area contributed by atoms with Crippen molar-refractivity contribution in [2.75, 3.05) is 7.11 Å². The lowest BCUT2D eigenvalue weighted by atomic mass is 10.1. The van der Waals surface area contributed by atoms with E-state index in [1.807, 2.05) is 12.1 Å². The molecule has 66 valence electrons. The van der Waals surface area contributed by atoms with Crippen LogP contribution in [0.3, 0.4) is 0 Å². The third-order valence-corrected chi connectivity index (χ3v) is 2.61. The average Bonchev–Trinajstić information content (AvgIpc) is 2.04. The molecule has 0 saturated heterocycles. The standard InChI is InChI=1S/C9H10Br2O/c1-6(10)8-5-7(11)3-4-9(8)12-2/h3-6H,1-2H3. The Morgan fingerprint density at radius 3 is 2.58 bits per heavy atom. The SMILES string of the molecule is COc1ccc(Br)cc1C(C)Br. The maximum Gasteiger partial charge on any atom is 0.123 e. The molecule has 1 aromatic carbocycles. The van der Waals surface area contributed by atoms with Gasteiger partial charge in [0.2, 0.25) is 0 Å². The number of benzene rings is 1. The molecule has 0 radical (unpaired) electrons. The molecule has 0 spiro atoms. The number of rotatable bonds is 2. The van der Waals surface area contributed by atoms with Gasteiger partial charge < -0.3 is 4.74 Å². The summed E-state index contributed by atoms with van der Waals surface area (Å²) in [6.07, 6.45) is 0. The molecule has 1 nitrogen and oxygen atoms in total. The number of hydrogen-bond donors (Lipinski definition) is 0. The van der Waals surface area contributed by atoms with Crippen LogP contribution >= 0.6 is 31.9 Å². The van der Waals surface area contributed by atoms with Crippen LogP contribution in [-0.4, -0.2) is 7.11 Å². The predicted octanol–water partition coefficient (Wildman–Crippen LogP) is 3.91. The molecule has 0 fully saturated rings. The molecular formula is C9H10Br2O. The van der Waals surface area contributed by atoms with Crippen LogP contribution < -0.4 is 4.74 Å². The highest BCUT2D eigenvalue weighted by atomic mass is 79.9. The summed E-state index contributed by atoms with van der Waals surface area (Å²) in [6.45, 7) is 2.07. The molecule has 1 rings (SSSR count). The predicted molar refractivity (Wildman–Crippen MR) is 58.0 cm³/mol. The summed E-state index contributed by atoms with van der Waals surface area (Å²) in [7, 11) is 1.68. The quantitative estimate of drug-likeness (QED) is 0.751. The zero-order valence-corrected chi connectivity index (χ0v) is 10.1. The van der Waals surface area contributed by atoms with E-state index in [-0.39, 0.29) is 0 Å². The lowest BCUT2D eigenvalue weighted by molar-refractivity contribution is 0.410. The first-order valence-electron chi connectivity index (χ1n) is 3.62. The van der Waals surface area contributed by atoms with Gasteiger partial charge in [0.15, 0.2) is 0 Å². The van der Waals surface area contributed by atoms with Crippen LogP contribution in [-0.2, 0) is 0 Å². The highest BCUT2D eigenvalue weighted by molar-refractivity contribution is 9.10. The number of methoxy groups -OCH3 is 1. The van der Waals surface area contributed by atoms with Gasteiger partial charge in [0.05, 0.1) is 7.11 Å². The van der Waals surface area contributed by atoms with Gasteiger partial charge in [0.1, 0.15) is 5.75 Å². The van der Waals surface area contributed by atoms with Gasteiger partial charge in [-0.2, -0.15) is 0 Å². The van der Waals surface area contributed by atoms with Crippen molar-refractivity contribution in [1.82, 2.24) is 0 Å². The summed E-state index contributed by atoms with van der Waals surface area (Å²) in [5.41, 5.74) is 1.16. The van der Waals surface area contributed by atoms with Crippen LogP contribution in [0.15, 0.2) is 22.7 Å². The largest absolute Gasteiger partial charge is 0.496 e. The minimum atomic E-state index is 0.310. The second kappa shape index (κ2) is 4.28. The van der Waals surface area contributed by atoms with Crippen molar-refractivity contribution in [1.29, 1.82) is 0 Å². The molecule has 0 heterocycles. The van der Waals surface area contributed by atoms with Crippen LogP contribution in [0.5, 0.6) is 5.75 Å². The second-order valence-corrected chi connectivity index (χ2v) is 4.79. The van der Waals surface area contributed by atoms with Crippen molar-refractivity contribution in [2.45, 2.75) is 11.8 Å². The topological polar surface area (TPSA) is 9.23 Å². The summed E-state index contributed by atoms with van der Waals surface area (Å²) in [4.78, 5) is 0.310. The van der Waals surface area contributed by atoms with Crippen LogP contribution in [0, 0.1) is 0 Å². The zero-order chi connectivity index (χ0) is 9.14.